The minimum Gasteiger partial charge on any atom is -0.334 e. The molecule has 4 rings (SSSR count). The number of aromatic nitrogens is 4. The molecule has 3 heterocycles. The number of pyridine rings is 1. The molecular weight excluding hydrogens is 463 g/mol. The van der Waals surface area contributed by atoms with Crippen molar-refractivity contribution < 1.29 is 18.0 Å². The normalized spacial score (nSPS) is 12.8. The molecule has 4 aromatic rings. The third-order valence-electron chi connectivity index (χ3n) is 4.94. The van der Waals surface area contributed by atoms with Gasteiger partial charge in [0.05, 0.1) is 34.3 Å². The first kappa shape index (κ1) is 22.2. The molecule has 1 N–H and O–H groups in total. The van der Waals surface area contributed by atoms with Gasteiger partial charge in [-0.15, -0.1) is 11.3 Å². The van der Waals surface area contributed by atoms with Gasteiger partial charge in [0.2, 0.25) is 0 Å². The fourth-order valence-corrected chi connectivity index (χ4v) is 4.25. The Hall–Kier alpha value is -2.98. The molecule has 0 saturated carbocycles. The van der Waals surface area contributed by atoms with Crippen LogP contribution in [0.15, 0.2) is 43.0 Å². The maximum Gasteiger partial charge on any atom is 0.416 e. The second kappa shape index (κ2) is 8.51. The van der Waals surface area contributed by atoms with E-state index in [2.05, 4.69) is 20.3 Å². The van der Waals surface area contributed by atoms with E-state index in [9.17, 15) is 18.0 Å². The van der Waals surface area contributed by atoms with Crippen molar-refractivity contribution in [3.8, 4) is 0 Å². The number of Topliss-reactive ketones (excluding diaryl/α,β-unsaturated/α-hetero) is 1. The Labute approximate surface area is 190 Å². The first-order chi connectivity index (χ1) is 15.1. The monoisotopic (exact) mass is 479 g/mol. The van der Waals surface area contributed by atoms with E-state index in [-0.39, 0.29) is 23.1 Å². The van der Waals surface area contributed by atoms with Crippen molar-refractivity contribution in [1.82, 2.24) is 19.5 Å². The van der Waals surface area contributed by atoms with E-state index in [0.717, 1.165) is 28.0 Å². The predicted molar refractivity (Wildman–Crippen MR) is 118 cm³/mol. The molecule has 0 aliphatic carbocycles. The fraction of sp³-hybridized carbons (Fsp3) is 0.238. The van der Waals surface area contributed by atoms with E-state index in [4.69, 9.17) is 11.6 Å². The zero-order chi connectivity index (χ0) is 23.0. The van der Waals surface area contributed by atoms with E-state index < -0.39 is 11.7 Å². The number of nitrogens with zero attached hydrogens (tertiary/aromatic N) is 4. The van der Waals surface area contributed by atoms with Gasteiger partial charge in [0.15, 0.2) is 10.9 Å². The van der Waals surface area contributed by atoms with Gasteiger partial charge >= 0.3 is 6.18 Å². The SMILES string of the molecule is CC(CC(=O)c1cc2c(cn1)ncn2C)c1cnc(Nc2ccc(C(F)(F)F)cc2Cl)s1. The van der Waals surface area contributed by atoms with Gasteiger partial charge in [-0.25, -0.2) is 9.97 Å². The van der Waals surface area contributed by atoms with Gasteiger partial charge in [0.1, 0.15) is 11.2 Å². The number of halogens is 4. The second-order valence-corrected chi connectivity index (χ2v) is 8.80. The van der Waals surface area contributed by atoms with Crippen LogP contribution >= 0.6 is 22.9 Å². The second-order valence-electron chi connectivity index (χ2n) is 7.33. The van der Waals surface area contributed by atoms with Gasteiger partial charge in [-0.05, 0) is 30.2 Å². The molecule has 0 aliphatic heterocycles. The van der Waals surface area contributed by atoms with Crippen molar-refractivity contribution in [2.24, 2.45) is 7.05 Å². The summed E-state index contributed by atoms with van der Waals surface area (Å²) < 4.78 is 40.2. The summed E-state index contributed by atoms with van der Waals surface area (Å²) in [5, 5.41) is 3.34. The number of hydrogen-bond acceptors (Lipinski definition) is 6. The van der Waals surface area contributed by atoms with Crippen molar-refractivity contribution in [2.45, 2.75) is 25.4 Å². The van der Waals surface area contributed by atoms with Crippen molar-refractivity contribution in [2.75, 3.05) is 5.32 Å². The van der Waals surface area contributed by atoms with E-state index in [0.29, 0.717) is 16.5 Å². The molecule has 0 saturated heterocycles. The molecule has 32 heavy (non-hydrogen) atoms. The van der Waals surface area contributed by atoms with E-state index in [1.54, 1.807) is 24.8 Å². The third kappa shape index (κ3) is 4.61. The lowest BCUT2D eigenvalue weighted by Crippen LogP contribution is -2.06. The number of benzene rings is 1. The molecule has 0 radical (unpaired) electrons. The lowest BCUT2D eigenvalue weighted by atomic mass is 10.0. The summed E-state index contributed by atoms with van der Waals surface area (Å²) in [6.07, 6.45) is 0.655. The highest BCUT2D eigenvalue weighted by atomic mass is 35.5. The van der Waals surface area contributed by atoms with E-state index in [1.165, 1.54) is 17.4 Å². The zero-order valence-electron chi connectivity index (χ0n) is 16.9. The number of hydrogen-bond donors (Lipinski definition) is 1. The number of nitrogens with one attached hydrogen (secondary N) is 1. The standard InChI is InChI=1S/C21H17ClF3N5OS/c1-11(5-18(31)15-7-17-16(8-26-15)28-10-30(17)2)19-9-27-20(32-19)29-14-4-3-12(6-13(14)22)21(23,24)25/h3-4,6-11H,5H2,1-2H3,(H,27,29). The minimum absolute atomic E-state index is 0.0589. The maximum absolute atomic E-state index is 12.8. The van der Waals surface area contributed by atoms with Gasteiger partial charge in [0, 0.05) is 24.5 Å². The Morgan fingerprint density at radius 2 is 2.00 bits per heavy atom. The summed E-state index contributed by atoms with van der Waals surface area (Å²) in [5.41, 5.74) is 1.41. The van der Waals surface area contributed by atoms with Crippen LogP contribution in [-0.4, -0.2) is 25.3 Å². The van der Waals surface area contributed by atoms with Crippen LogP contribution in [0.25, 0.3) is 11.0 Å². The van der Waals surface area contributed by atoms with Gasteiger partial charge in [0.25, 0.3) is 0 Å². The van der Waals surface area contributed by atoms with Crippen LogP contribution in [0.2, 0.25) is 5.02 Å². The Kier molecular flexibility index (Phi) is 5.91. The molecule has 1 aromatic carbocycles. The highest BCUT2D eigenvalue weighted by Gasteiger charge is 2.31. The quantitative estimate of drug-likeness (QED) is 0.332. The minimum atomic E-state index is -4.46. The van der Waals surface area contributed by atoms with Crippen LogP contribution in [0.1, 0.15) is 40.2 Å². The summed E-state index contributed by atoms with van der Waals surface area (Å²) in [6.45, 7) is 1.91. The zero-order valence-corrected chi connectivity index (χ0v) is 18.5. The number of imidazole rings is 1. The summed E-state index contributed by atoms with van der Waals surface area (Å²) >= 11 is 7.30. The number of rotatable bonds is 6. The van der Waals surface area contributed by atoms with Gasteiger partial charge in [-0.3, -0.25) is 9.78 Å². The molecular formula is C21H17ClF3N5OS. The molecule has 0 aliphatic rings. The van der Waals surface area contributed by atoms with Crippen molar-refractivity contribution >= 4 is 50.6 Å². The van der Waals surface area contributed by atoms with Crippen molar-refractivity contribution in [3.05, 3.63) is 64.1 Å². The first-order valence-corrected chi connectivity index (χ1v) is 10.7. The first-order valence-electron chi connectivity index (χ1n) is 9.51. The number of aryl methyl sites for hydroxylation is 1. The lowest BCUT2D eigenvalue weighted by Gasteiger charge is -2.10. The molecule has 0 bridgehead atoms. The summed E-state index contributed by atoms with van der Waals surface area (Å²) in [6, 6.07) is 4.81. The Morgan fingerprint density at radius 1 is 1.22 bits per heavy atom. The van der Waals surface area contributed by atoms with Crippen molar-refractivity contribution in [1.29, 1.82) is 0 Å². The molecule has 166 valence electrons. The number of carbonyl (C=O) groups excluding carboxylic acids is 1. The van der Waals surface area contributed by atoms with Crippen molar-refractivity contribution in [3.63, 3.8) is 0 Å². The molecule has 1 atom stereocenters. The Balaban J connectivity index is 1.44. The molecule has 0 spiro atoms. The molecule has 0 fully saturated rings. The number of fused-ring (bicyclic) bond motifs is 1. The number of ketones is 1. The molecule has 0 amide bonds. The average Bonchev–Trinajstić information content (AvgIpc) is 3.35. The lowest BCUT2D eigenvalue weighted by molar-refractivity contribution is -0.137. The highest BCUT2D eigenvalue weighted by Crippen LogP contribution is 2.36. The van der Waals surface area contributed by atoms with Gasteiger partial charge in [-0.2, -0.15) is 13.2 Å². The Morgan fingerprint density at radius 3 is 2.72 bits per heavy atom. The summed E-state index contributed by atoms with van der Waals surface area (Å²) in [7, 11) is 1.85. The average molecular weight is 480 g/mol. The van der Waals surface area contributed by atoms with Crippen LogP contribution < -0.4 is 5.32 Å². The van der Waals surface area contributed by atoms with Crippen LogP contribution in [0.5, 0.6) is 0 Å². The molecule has 6 nitrogen and oxygen atoms in total. The topological polar surface area (TPSA) is 72.7 Å². The Bertz CT molecular complexity index is 1300. The third-order valence-corrected chi connectivity index (χ3v) is 6.39. The fourth-order valence-electron chi connectivity index (χ4n) is 3.15. The van der Waals surface area contributed by atoms with Crippen LogP contribution in [0.3, 0.4) is 0 Å². The largest absolute Gasteiger partial charge is 0.416 e. The number of carbonyl (C=O) groups is 1. The van der Waals surface area contributed by atoms with E-state index in [1.807, 2.05) is 18.5 Å². The van der Waals surface area contributed by atoms with Crippen LogP contribution in [0, 0.1) is 0 Å². The van der Waals surface area contributed by atoms with E-state index >= 15 is 0 Å². The predicted octanol–water partition coefficient (Wildman–Crippen LogP) is 6.22. The smallest absolute Gasteiger partial charge is 0.334 e. The number of anilines is 2. The highest BCUT2D eigenvalue weighted by molar-refractivity contribution is 7.15. The molecule has 3 aromatic heterocycles. The van der Waals surface area contributed by atoms with Gasteiger partial charge < -0.3 is 9.88 Å². The maximum atomic E-state index is 12.8. The van der Waals surface area contributed by atoms with Crippen LogP contribution in [0.4, 0.5) is 24.0 Å². The number of thiazole rings is 1. The molecule has 11 heteroatoms. The summed E-state index contributed by atoms with van der Waals surface area (Å²) in [4.78, 5) is 26.3. The molecule has 1 unspecified atom stereocenters. The van der Waals surface area contributed by atoms with Gasteiger partial charge in [-0.1, -0.05) is 18.5 Å². The van der Waals surface area contributed by atoms with Crippen LogP contribution in [-0.2, 0) is 13.2 Å². The number of alkyl halides is 3. The summed E-state index contributed by atoms with van der Waals surface area (Å²) in [5.74, 6) is -0.225.